The van der Waals surface area contributed by atoms with E-state index in [2.05, 4.69) is 26.7 Å². The summed E-state index contributed by atoms with van der Waals surface area (Å²) in [7, 11) is 2.07. The molecule has 0 amide bonds. The molecule has 1 aliphatic carbocycles. The molecule has 0 N–H and O–H groups in total. The molecule has 14 heavy (non-hydrogen) atoms. The number of anilines is 1. The van der Waals surface area contributed by atoms with Gasteiger partial charge in [-0.15, -0.1) is 0 Å². The minimum atomic E-state index is 0.933. The zero-order valence-electron chi connectivity index (χ0n) is 8.52. The lowest BCUT2D eigenvalue weighted by Crippen LogP contribution is -2.20. The zero-order chi connectivity index (χ0) is 9.80. The monoisotopic (exact) mass is 212 g/mol. The largest absolute Gasteiger partial charge is 0.348 e. The first-order valence-electron chi connectivity index (χ1n) is 5.22. The van der Waals surface area contributed by atoms with E-state index in [-0.39, 0.29) is 0 Å². The molecule has 0 spiro atoms. The van der Waals surface area contributed by atoms with Crippen LogP contribution in [0.25, 0.3) is 0 Å². The van der Waals surface area contributed by atoms with Gasteiger partial charge in [0.05, 0.1) is 0 Å². The molecule has 0 radical (unpaired) electrons. The topological polar surface area (TPSA) is 41.9 Å². The molecule has 5 heteroatoms. The van der Waals surface area contributed by atoms with Crippen LogP contribution in [0.15, 0.2) is 0 Å². The number of aromatic nitrogens is 3. The summed E-state index contributed by atoms with van der Waals surface area (Å²) in [6.07, 6.45) is 6.98. The number of rotatable bonds is 4. The molecule has 0 saturated heterocycles. The summed E-state index contributed by atoms with van der Waals surface area (Å²) >= 11 is 1.37. The summed E-state index contributed by atoms with van der Waals surface area (Å²) in [6, 6.07) is 0. The van der Waals surface area contributed by atoms with Crippen molar-refractivity contribution in [2.75, 3.05) is 18.5 Å². The molecule has 4 nitrogen and oxygen atoms in total. The quantitative estimate of drug-likeness (QED) is 0.765. The highest BCUT2D eigenvalue weighted by Crippen LogP contribution is 2.28. The fraction of sp³-hybridized carbons (Fsp3) is 0.889. The van der Waals surface area contributed by atoms with Crippen molar-refractivity contribution < 1.29 is 0 Å². The van der Waals surface area contributed by atoms with Crippen molar-refractivity contribution in [2.24, 2.45) is 5.92 Å². The van der Waals surface area contributed by atoms with Crippen molar-refractivity contribution in [3.05, 3.63) is 0 Å². The Morgan fingerprint density at radius 2 is 2.21 bits per heavy atom. The number of hydrogen-bond acceptors (Lipinski definition) is 5. The molecule has 0 unspecified atom stereocenters. The fourth-order valence-electron chi connectivity index (χ4n) is 2.05. The molecule has 2 rings (SSSR count). The molecule has 0 aromatic carbocycles. The average Bonchev–Trinajstić information content (AvgIpc) is 2.87. The highest BCUT2D eigenvalue weighted by Gasteiger charge is 2.16. The van der Waals surface area contributed by atoms with Gasteiger partial charge in [-0.2, -0.15) is 0 Å². The van der Waals surface area contributed by atoms with Gasteiger partial charge >= 0.3 is 0 Å². The van der Waals surface area contributed by atoms with E-state index in [1.165, 1.54) is 43.6 Å². The van der Waals surface area contributed by atoms with Crippen molar-refractivity contribution in [2.45, 2.75) is 32.1 Å². The summed E-state index contributed by atoms with van der Waals surface area (Å²) in [5, 5.41) is 8.48. The molecular weight excluding hydrogens is 196 g/mol. The molecule has 1 aromatic heterocycles. The predicted molar refractivity (Wildman–Crippen MR) is 57.5 cm³/mol. The zero-order valence-corrected chi connectivity index (χ0v) is 9.33. The van der Waals surface area contributed by atoms with Crippen molar-refractivity contribution in [1.29, 1.82) is 0 Å². The van der Waals surface area contributed by atoms with E-state index in [1.807, 2.05) is 0 Å². The summed E-state index contributed by atoms with van der Waals surface area (Å²) in [5.74, 6) is 0.943. The minimum Gasteiger partial charge on any atom is -0.348 e. The van der Waals surface area contributed by atoms with E-state index in [1.54, 1.807) is 0 Å². The lowest BCUT2D eigenvalue weighted by molar-refractivity contribution is 0.505. The van der Waals surface area contributed by atoms with Gasteiger partial charge in [0, 0.05) is 25.1 Å². The third kappa shape index (κ3) is 2.41. The van der Waals surface area contributed by atoms with Crippen LogP contribution in [0.2, 0.25) is 0 Å². The van der Waals surface area contributed by atoms with Gasteiger partial charge in [0.1, 0.15) is 0 Å². The molecule has 1 heterocycles. The minimum absolute atomic E-state index is 0.933. The van der Waals surface area contributed by atoms with Crippen LogP contribution in [0.1, 0.15) is 32.1 Å². The first kappa shape index (κ1) is 9.83. The summed E-state index contributed by atoms with van der Waals surface area (Å²) in [4.78, 5) is 2.16. The summed E-state index contributed by atoms with van der Waals surface area (Å²) in [5.41, 5.74) is 0. The lowest BCUT2D eigenvalue weighted by atomic mass is 10.0. The Bertz CT molecular complexity index is 256. The van der Waals surface area contributed by atoms with Crippen LogP contribution in [0.3, 0.4) is 0 Å². The van der Waals surface area contributed by atoms with Crippen molar-refractivity contribution in [3.8, 4) is 0 Å². The lowest BCUT2D eigenvalue weighted by Gasteiger charge is -2.16. The van der Waals surface area contributed by atoms with Crippen molar-refractivity contribution >= 4 is 16.7 Å². The molecule has 78 valence electrons. The molecule has 1 aromatic rings. The summed E-state index contributed by atoms with van der Waals surface area (Å²) in [6.45, 7) is 1.08. The molecule has 0 atom stereocenters. The highest BCUT2D eigenvalue weighted by atomic mass is 32.1. The second-order valence-electron chi connectivity index (χ2n) is 4.01. The highest BCUT2D eigenvalue weighted by molar-refractivity contribution is 7.09. The first-order valence-corrected chi connectivity index (χ1v) is 6.00. The third-order valence-corrected chi connectivity index (χ3v) is 3.67. The smallest absolute Gasteiger partial charge is 0.227 e. The Kier molecular flexibility index (Phi) is 3.29. The Labute approximate surface area is 88.5 Å². The molecule has 1 fully saturated rings. The van der Waals surface area contributed by atoms with Crippen LogP contribution in [0, 0.1) is 5.92 Å². The van der Waals surface area contributed by atoms with Crippen LogP contribution >= 0.6 is 11.5 Å². The van der Waals surface area contributed by atoms with Crippen LogP contribution in [0.4, 0.5) is 5.13 Å². The predicted octanol–water partition coefficient (Wildman–Crippen LogP) is 1.95. The van der Waals surface area contributed by atoms with Gasteiger partial charge in [0.2, 0.25) is 5.13 Å². The van der Waals surface area contributed by atoms with Gasteiger partial charge in [-0.05, 0) is 17.6 Å². The van der Waals surface area contributed by atoms with Crippen LogP contribution < -0.4 is 4.90 Å². The molecule has 1 saturated carbocycles. The van der Waals surface area contributed by atoms with E-state index in [4.69, 9.17) is 0 Å². The van der Waals surface area contributed by atoms with Crippen LogP contribution in [0.5, 0.6) is 0 Å². The first-order chi connectivity index (χ1) is 6.86. The normalized spacial score (nSPS) is 17.5. The SMILES string of the molecule is CN(CCC1CCCC1)c1nnns1. The maximum atomic E-state index is 3.94. The Morgan fingerprint density at radius 1 is 1.43 bits per heavy atom. The fourth-order valence-corrected chi connectivity index (χ4v) is 2.50. The maximum Gasteiger partial charge on any atom is 0.227 e. The molecule has 0 aliphatic heterocycles. The Hall–Kier alpha value is -0.710. The number of nitrogens with zero attached hydrogens (tertiary/aromatic N) is 4. The second kappa shape index (κ2) is 4.68. The van der Waals surface area contributed by atoms with Crippen LogP contribution in [-0.2, 0) is 0 Å². The van der Waals surface area contributed by atoms with Gasteiger partial charge < -0.3 is 4.90 Å². The van der Waals surface area contributed by atoms with Gasteiger partial charge in [0.25, 0.3) is 0 Å². The second-order valence-corrected chi connectivity index (χ2v) is 4.72. The van der Waals surface area contributed by atoms with E-state index < -0.39 is 0 Å². The Morgan fingerprint density at radius 3 is 2.86 bits per heavy atom. The average molecular weight is 212 g/mol. The third-order valence-electron chi connectivity index (χ3n) is 2.96. The Balaban J connectivity index is 1.74. The standard InChI is InChI=1S/C9H16N4S/c1-13(9-10-11-12-14-9)7-6-8-4-2-3-5-8/h8H,2-7H2,1H3. The van der Waals surface area contributed by atoms with Crippen molar-refractivity contribution in [1.82, 2.24) is 14.8 Å². The molecule has 0 bridgehead atoms. The maximum absolute atomic E-state index is 3.94. The summed E-state index contributed by atoms with van der Waals surface area (Å²) < 4.78 is 3.76. The number of hydrogen-bond donors (Lipinski definition) is 0. The van der Waals surface area contributed by atoms with Gasteiger partial charge in [-0.3, -0.25) is 0 Å². The van der Waals surface area contributed by atoms with Crippen LogP contribution in [-0.4, -0.2) is 28.4 Å². The van der Waals surface area contributed by atoms with Gasteiger partial charge in [-0.1, -0.05) is 35.3 Å². The van der Waals surface area contributed by atoms with E-state index >= 15 is 0 Å². The molecular formula is C9H16N4S. The van der Waals surface area contributed by atoms with Gasteiger partial charge in [0.15, 0.2) is 0 Å². The molecule has 1 aliphatic rings. The van der Waals surface area contributed by atoms with E-state index in [0.717, 1.165) is 17.6 Å². The van der Waals surface area contributed by atoms with E-state index in [9.17, 15) is 0 Å². The van der Waals surface area contributed by atoms with Gasteiger partial charge in [-0.25, -0.2) is 0 Å². The van der Waals surface area contributed by atoms with E-state index in [0.29, 0.717) is 0 Å². The van der Waals surface area contributed by atoms with Crippen molar-refractivity contribution in [3.63, 3.8) is 0 Å².